The van der Waals surface area contributed by atoms with Crippen molar-refractivity contribution >= 4 is 57.7 Å². The summed E-state index contributed by atoms with van der Waals surface area (Å²) >= 11 is 2.40. The lowest BCUT2D eigenvalue weighted by atomic mass is 9.94. The van der Waals surface area contributed by atoms with E-state index in [2.05, 4.69) is 69.4 Å². The molecule has 1 aromatic heterocycles. The molecule has 1 fully saturated rings. The van der Waals surface area contributed by atoms with Gasteiger partial charge in [-0.15, -0.1) is 0 Å². The molecular formula is C19H20BIN2. The van der Waals surface area contributed by atoms with Gasteiger partial charge in [0, 0.05) is 26.4 Å². The van der Waals surface area contributed by atoms with Crippen LogP contribution in [0.3, 0.4) is 0 Å². The molecule has 3 aromatic rings. The Kier molecular flexibility index (Phi) is 4.14. The van der Waals surface area contributed by atoms with Crippen molar-refractivity contribution in [1.29, 1.82) is 0 Å². The first kappa shape index (κ1) is 15.5. The highest BCUT2D eigenvalue weighted by atomic mass is 127. The van der Waals surface area contributed by atoms with Crippen molar-refractivity contribution in [2.45, 2.75) is 19.4 Å². The number of benzene rings is 2. The molecule has 4 rings (SSSR count). The van der Waals surface area contributed by atoms with Crippen LogP contribution in [0.5, 0.6) is 0 Å². The molecule has 23 heavy (non-hydrogen) atoms. The first-order valence-corrected chi connectivity index (χ1v) is 9.35. The number of aromatic nitrogens is 1. The van der Waals surface area contributed by atoms with Gasteiger partial charge in [-0.2, -0.15) is 0 Å². The topological polar surface area (TPSA) is 8.17 Å². The van der Waals surface area contributed by atoms with E-state index >= 15 is 0 Å². The third-order valence-corrected chi connectivity index (χ3v) is 5.80. The minimum atomic E-state index is 0.754. The van der Waals surface area contributed by atoms with E-state index in [9.17, 15) is 0 Å². The fourth-order valence-corrected chi connectivity index (χ4v) is 4.26. The molecule has 2 aromatic carbocycles. The van der Waals surface area contributed by atoms with Gasteiger partial charge < -0.3 is 9.47 Å². The summed E-state index contributed by atoms with van der Waals surface area (Å²) in [5.74, 6) is 0.754. The van der Waals surface area contributed by atoms with Crippen molar-refractivity contribution in [2.24, 2.45) is 5.92 Å². The molecule has 0 saturated carbocycles. The molecule has 0 unspecified atom stereocenters. The van der Waals surface area contributed by atoms with E-state index in [0.717, 1.165) is 17.9 Å². The summed E-state index contributed by atoms with van der Waals surface area (Å²) in [6.07, 6.45) is 2.56. The van der Waals surface area contributed by atoms with E-state index in [1.165, 1.54) is 51.3 Å². The largest absolute Gasteiger partial charge is 0.340 e. The molecule has 2 nitrogen and oxygen atoms in total. The molecule has 0 atom stereocenters. The third kappa shape index (κ3) is 2.91. The lowest BCUT2D eigenvalue weighted by Gasteiger charge is -2.29. The van der Waals surface area contributed by atoms with Gasteiger partial charge in [0.05, 0.1) is 5.52 Å². The van der Waals surface area contributed by atoms with Crippen LogP contribution < -0.4 is 5.46 Å². The van der Waals surface area contributed by atoms with Crippen molar-refractivity contribution < 1.29 is 0 Å². The number of hydrogen-bond acceptors (Lipinski definition) is 1. The number of likely N-dealkylation sites (tertiary alicyclic amines) is 1. The average molecular weight is 414 g/mol. The predicted molar refractivity (Wildman–Crippen MR) is 108 cm³/mol. The molecule has 0 spiro atoms. The minimum absolute atomic E-state index is 0.754. The van der Waals surface area contributed by atoms with Crippen molar-refractivity contribution in [3.05, 3.63) is 40.0 Å². The van der Waals surface area contributed by atoms with Crippen molar-refractivity contribution in [3.63, 3.8) is 0 Å². The molecule has 2 radical (unpaired) electrons. The highest BCUT2D eigenvalue weighted by Gasteiger charge is 2.19. The van der Waals surface area contributed by atoms with E-state index in [-0.39, 0.29) is 0 Å². The molecule has 116 valence electrons. The summed E-state index contributed by atoms with van der Waals surface area (Å²) in [6, 6.07) is 13.1. The molecule has 0 N–H and O–H groups in total. The molecule has 2 heterocycles. The zero-order chi connectivity index (χ0) is 16.0. The monoisotopic (exact) mass is 414 g/mol. The lowest BCUT2D eigenvalue weighted by Crippen LogP contribution is -2.31. The second-order valence-electron chi connectivity index (χ2n) is 6.80. The smallest absolute Gasteiger partial charge is 0.113 e. The molecule has 0 amide bonds. The number of piperidine rings is 1. The standard InChI is InChI=1S/C19H20BIN2/c1-22-8-6-13(7-9-22)12-23-18-10-14(20)2-4-16(18)17-5-3-15(21)11-19(17)23/h2-5,10-11,13H,6-9,12H2,1H3. The first-order chi connectivity index (χ1) is 11.1. The van der Waals surface area contributed by atoms with E-state index in [1.807, 2.05) is 6.07 Å². The second kappa shape index (κ2) is 6.13. The maximum Gasteiger partial charge on any atom is 0.113 e. The van der Waals surface area contributed by atoms with Crippen molar-refractivity contribution in [1.82, 2.24) is 9.47 Å². The van der Waals surface area contributed by atoms with E-state index in [0.29, 0.717) is 0 Å². The fraction of sp³-hybridized carbons (Fsp3) is 0.368. The number of hydrogen-bond donors (Lipinski definition) is 0. The SMILES string of the molecule is [B]c1ccc2c3ccc(I)cc3n(CC3CCN(C)CC3)c2c1. The molecule has 4 heteroatoms. The normalized spacial score (nSPS) is 17.3. The Morgan fingerprint density at radius 1 is 1.04 bits per heavy atom. The van der Waals surface area contributed by atoms with Crippen molar-refractivity contribution in [2.75, 3.05) is 20.1 Å². The summed E-state index contributed by atoms with van der Waals surface area (Å²) in [6.45, 7) is 3.51. The van der Waals surface area contributed by atoms with Crippen molar-refractivity contribution in [3.8, 4) is 0 Å². The van der Waals surface area contributed by atoms with Crippen LogP contribution in [-0.2, 0) is 6.54 Å². The summed E-state index contributed by atoms with van der Waals surface area (Å²) in [7, 11) is 8.30. The van der Waals surface area contributed by atoms with Crippen LogP contribution in [0.2, 0.25) is 0 Å². The van der Waals surface area contributed by atoms with Crippen LogP contribution in [0.1, 0.15) is 12.8 Å². The van der Waals surface area contributed by atoms with Crippen LogP contribution in [-0.4, -0.2) is 37.5 Å². The highest BCUT2D eigenvalue weighted by Crippen LogP contribution is 2.31. The zero-order valence-corrected chi connectivity index (χ0v) is 15.6. The molecule has 1 saturated heterocycles. The maximum absolute atomic E-state index is 6.07. The van der Waals surface area contributed by atoms with Crippen LogP contribution in [0.25, 0.3) is 21.8 Å². The van der Waals surface area contributed by atoms with Gasteiger partial charge in [0.1, 0.15) is 7.85 Å². The summed E-state index contributed by atoms with van der Waals surface area (Å²) in [4.78, 5) is 2.43. The quantitative estimate of drug-likeness (QED) is 0.460. The Morgan fingerprint density at radius 3 is 2.43 bits per heavy atom. The van der Waals surface area contributed by atoms with Crippen LogP contribution in [0, 0.1) is 9.49 Å². The van der Waals surface area contributed by atoms with Gasteiger partial charge in [-0.1, -0.05) is 23.7 Å². The predicted octanol–water partition coefficient (Wildman–Crippen LogP) is 3.53. The summed E-state index contributed by atoms with van der Waals surface area (Å²) in [5.41, 5.74) is 3.47. The summed E-state index contributed by atoms with van der Waals surface area (Å²) in [5, 5.41) is 2.66. The van der Waals surface area contributed by atoms with E-state index < -0.39 is 0 Å². The molecule has 1 aliphatic rings. The molecular weight excluding hydrogens is 394 g/mol. The number of fused-ring (bicyclic) bond motifs is 3. The van der Waals surface area contributed by atoms with Gasteiger partial charge in [-0.3, -0.25) is 0 Å². The lowest BCUT2D eigenvalue weighted by molar-refractivity contribution is 0.207. The van der Waals surface area contributed by atoms with Gasteiger partial charge in [0.15, 0.2) is 0 Å². The van der Waals surface area contributed by atoms with Crippen LogP contribution in [0.4, 0.5) is 0 Å². The summed E-state index contributed by atoms with van der Waals surface area (Å²) < 4.78 is 3.79. The Morgan fingerprint density at radius 2 is 1.70 bits per heavy atom. The van der Waals surface area contributed by atoms with Gasteiger partial charge in [-0.05, 0) is 79.7 Å². The Balaban J connectivity index is 1.84. The highest BCUT2D eigenvalue weighted by molar-refractivity contribution is 14.1. The molecule has 0 aliphatic carbocycles. The minimum Gasteiger partial charge on any atom is -0.340 e. The third-order valence-electron chi connectivity index (χ3n) is 5.13. The number of halogens is 1. The average Bonchev–Trinajstić information content (AvgIpc) is 2.82. The zero-order valence-electron chi connectivity index (χ0n) is 13.4. The van der Waals surface area contributed by atoms with Crippen LogP contribution in [0.15, 0.2) is 36.4 Å². The second-order valence-corrected chi connectivity index (χ2v) is 8.04. The number of nitrogens with zero attached hydrogens (tertiary/aromatic N) is 2. The maximum atomic E-state index is 6.07. The molecule has 1 aliphatic heterocycles. The van der Waals surface area contributed by atoms with E-state index in [1.54, 1.807) is 0 Å². The van der Waals surface area contributed by atoms with E-state index in [4.69, 9.17) is 7.85 Å². The Bertz CT molecular complexity index is 803. The van der Waals surface area contributed by atoms with Gasteiger partial charge in [-0.25, -0.2) is 0 Å². The Labute approximate surface area is 152 Å². The van der Waals surface area contributed by atoms with Crippen LogP contribution >= 0.6 is 22.6 Å². The van der Waals surface area contributed by atoms with Gasteiger partial charge in [0.25, 0.3) is 0 Å². The fourth-order valence-electron chi connectivity index (χ4n) is 3.78. The molecule has 0 bridgehead atoms. The number of rotatable bonds is 2. The van der Waals surface area contributed by atoms with Gasteiger partial charge in [0.2, 0.25) is 0 Å². The first-order valence-electron chi connectivity index (χ1n) is 8.27. The van der Waals surface area contributed by atoms with Gasteiger partial charge >= 0.3 is 0 Å². The Hall–Kier alpha value is -1.01.